The van der Waals surface area contributed by atoms with Crippen molar-refractivity contribution in [3.63, 3.8) is 0 Å². The van der Waals surface area contributed by atoms with Gasteiger partial charge in [-0.05, 0) is 46.6 Å². The second-order valence-corrected chi connectivity index (χ2v) is 7.83. The van der Waals surface area contributed by atoms with E-state index in [9.17, 15) is 0 Å². The van der Waals surface area contributed by atoms with Gasteiger partial charge in [0.15, 0.2) is 0 Å². The maximum atomic E-state index is 3.74. The van der Waals surface area contributed by atoms with E-state index < -0.39 is 0 Å². The average Bonchev–Trinajstić information content (AvgIpc) is 2.81. The molecule has 0 radical (unpaired) electrons. The van der Waals surface area contributed by atoms with Crippen LogP contribution < -0.4 is 0 Å². The van der Waals surface area contributed by atoms with Crippen molar-refractivity contribution in [3.05, 3.63) is 35.2 Å². The summed E-state index contributed by atoms with van der Waals surface area (Å²) < 4.78 is 1.40. The summed E-state index contributed by atoms with van der Waals surface area (Å²) in [4.78, 5) is 0. The summed E-state index contributed by atoms with van der Waals surface area (Å²) in [7, 11) is 0. The van der Waals surface area contributed by atoms with Crippen LogP contribution in [-0.4, -0.2) is 10.7 Å². The predicted octanol–water partition coefficient (Wildman–Crippen LogP) is 6.27. The Morgan fingerprint density at radius 1 is 1.16 bits per heavy atom. The van der Waals surface area contributed by atoms with Gasteiger partial charge in [-0.3, -0.25) is 0 Å². The molecule has 0 saturated carbocycles. The highest BCUT2D eigenvalue weighted by atomic mass is 79.9. The fourth-order valence-corrected chi connectivity index (χ4v) is 5.50. The first-order valence-electron chi connectivity index (χ1n) is 6.67. The van der Waals surface area contributed by atoms with Crippen LogP contribution in [0.15, 0.2) is 29.6 Å². The molecule has 0 saturated heterocycles. The molecule has 1 aromatic heterocycles. The van der Waals surface area contributed by atoms with Crippen molar-refractivity contribution in [2.45, 2.75) is 26.7 Å². The second kappa shape index (κ2) is 6.73. The molecule has 0 atom stereocenters. The van der Waals surface area contributed by atoms with Gasteiger partial charge in [-0.15, -0.1) is 11.3 Å². The number of halogens is 2. The maximum absolute atomic E-state index is 3.74. The van der Waals surface area contributed by atoms with E-state index >= 15 is 0 Å². The topological polar surface area (TPSA) is 0 Å². The molecule has 104 valence electrons. The van der Waals surface area contributed by atoms with Crippen molar-refractivity contribution in [1.82, 2.24) is 0 Å². The molecule has 19 heavy (non-hydrogen) atoms. The highest BCUT2D eigenvalue weighted by molar-refractivity contribution is 9.09. The Morgan fingerprint density at radius 2 is 1.84 bits per heavy atom. The molecule has 2 rings (SSSR count). The molecule has 0 amide bonds. The lowest BCUT2D eigenvalue weighted by Crippen LogP contribution is -2.29. The van der Waals surface area contributed by atoms with Crippen LogP contribution in [0.4, 0.5) is 0 Å². The lowest BCUT2D eigenvalue weighted by atomic mass is 9.79. The lowest BCUT2D eigenvalue weighted by molar-refractivity contribution is 0.305. The minimum Gasteiger partial charge on any atom is -0.144 e. The van der Waals surface area contributed by atoms with E-state index in [0.717, 1.165) is 23.0 Å². The zero-order valence-corrected chi connectivity index (χ0v) is 15.4. The van der Waals surface area contributed by atoms with Gasteiger partial charge in [-0.1, -0.05) is 63.9 Å². The number of hydrogen-bond donors (Lipinski definition) is 0. The number of benzene rings is 1. The molecule has 0 spiro atoms. The largest absolute Gasteiger partial charge is 0.144 e. The molecule has 0 aliphatic carbocycles. The number of alkyl halides is 2. The number of hydrogen-bond acceptors (Lipinski definition) is 1. The smallest absolute Gasteiger partial charge is 0.0345 e. The van der Waals surface area contributed by atoms with Crippen LogP contribution in [0.2, 0.25) is 0 Å². The van der Waals surface area contributed by atoms with Crippen molar-refractivity contribution in [2.24, 2.45) is 11.3 Å². The van der Waals surface area contributed by atoms with Crippen molar-refractivity contribution in [1.29, 1.82) is 0 Å². The van der Waals surface area contributed by atoms with Gasteiger partial charge >= 0.3 is 0 Å². The minimum absolute atomic E-state index is 0.317. The molecule has 0 unspecified atom stereocenters. The summed E-state index contributed by atoms with van der Waals surface area (Å²) in [6.07, 6.45) is 2.39. The number of rotatable bonds is 6. The van der Waals surface area contributed by atoms with Gasteiger partial charge in [0.1, 0.15) is 0 Å². The van der Waals surface area contributed by atoms with Gasteiger partial charge in [-0.2, -0.15) is 0 Å². The molecule has 0 bridgehead atoms. The molecular formula is C16H20Br2S. The first-order valence-corrected chi connectivity index (χ1v) is 9.79. The van der Waals surface area contributed by atoms with Crippen LogP contribution in [-0.2, 0) is 6.42 Å². The van der Waals surface area contributed by atoms with Gasteiger partial charge in [0.2, 0.25) is 0 Å². The van der Waals surface area contributed by atoms with E-state index in [4.69, 9.17) is 0 Å². The Morgan fingerprint density at radius 3 is 2.47 bits per heavy atom. The SMILES string of the molecule is CC(C)CC(CBr)(CBr)Cc1csc2ccccc12. The van der Waals surface area contributed by atoms with Crippen molar-refractivity contribution in [3.8, 4) is 0 Å². The molecule has 0 N–H and O–H groups in total. The summed E-state index contributed by atoms with van der Waals surface area (Å²) in [6.45, 7) is 4.62. The molecule has 0 aliphatic rings. The van der Waals surface area contributed by atoms with Gasteiger partial charge in [0.25, 0.3) is 0 Å². The quantitative estimate of drug-likeness (QED) is 0.498. The Bertz CT molecular complexity index is 526. The Hall–Kier alpha value is 0.140. The molecule has 3 heteroatoms. The fraction of sp³-hybridized carbons (Fsp3) is 0.500. The third-order valence-corrected chi connectivity index (χ3v) is 6.93. The lowest BCUT2D eigenvalue weighted by Gasteiger charge is -2.32. The minimum atomic E-state index is 0.317. The van der Waals surface area contributed by atoms with Gasteiger partial charge in [0.05, 0.1) is 0 Å². The van der Waals surface area contributed by atoms with E-state index in [2.05, 4.69) is 75.4 Å². The van der Waals surface area contributed by atoms with Gasteiger partial charge in [-0.25, -0.2) is 0 Å². The standard InChI is InChI=1S/C16H20Br2S/c1-12(2)7-16(10-17,11-18)8-13-9-19-15-6-4-3-5-14(13)15/h3-6,9,12H,7-8,10-11H2,1-2H3. The molecule has 0 nitrogen and oxygen atoms in total. The van der Waals surface area contributed by atoms with Crippen LogP contribution in [0, 0.1) is 11.3 Å². The van der Waals surface area contributed by atoms with Crippen LogP contribution in [0.3, 0.4) is 0 Å². The summed E-state index contributed by atoms with van der Waals surface area (Å²) in [6, 6.07) is 8.74. The van der Waals surface area contributed by atoms with E-state index in [1.54, 1.807) is 0 Å². The molecule has 0 fully saturated rings. The normalized spacial score (nSPS) is 12.5. The van der Waals surface area contributed by atoms with Crippen molar-refractivity contribution >= 4 is 53.3 Å². The highest BCUT2D eigenvalue weighted by Gasteiger charge is 2.30. The highest BCUT2D eigenvalue weighted by Crippen LogP contribution is 2.38. The number of fused-ring (bicyclic) bond motifs is 1. The van der Waals surface area contributed by atoms with Crippen LogP contribution in [0.1, 0.15) is 25.8 Å². The average molecular weight is 404 g/mol. The fourth-order valence-electron chi connectivity index (χ4n) is 2.75. The maximum Gasteiger partial charge on any atom is 0.0345 e. The number of thiophene rings is 1. The summed E-state index contributed by atoms with van der Waals surface area (Å²) in [5.41, 5.74) is 1.82. The molecule has 1 aromatic carbocycles. The Labute approximate surface area is 136 Å². The van der Waals surface area contributed by atoms with Gasteiger partial charge in [0, 0.05) is 15.4 Å². The van der Waals surface area contributed by atoms with Gasteiger partial charge < -0.3 is 0 Å². The van der Waals surface area contributed by atoms with Crippen LogP contribution in [0.5, 0.6) is 0 Å². The van der Waals surface area contributed by atoms with Crippen molar-refractivity contribution in [2.75, 3.05) is 10.7 Å². The first kappa shape index (κ1) is 15.5. The van der Waals surface area contributed by atoms with Crippen molar-refractivity contribution < 1.29 is 0 Å². The predicted molar refractivity (Wildman–Crippen MR) is 95.0 cm³/mol. The Balaban J connectivity index is 2.30. The molecular weight excluding hydrogens is 384 g/mol. The van der Waals surface area contributed by atoms with Crippen LogP contribution >= 0.6 is 43.2 Å². The molecule has 1 heterocycles. The summed E-state index contributed by atoms with van der Waals surface area (Å²) in [5, 5.41) is 5.87. The van der Waals surface area contributed by atoms with E-state index in [0.29, 0.717) is 5.41 Å². The molecule has 0 aliphatic heterocycles. The van der Waals surface area contributed by atoms with E-state index in [1.165, 1.54) is 22.1 Å². The Kier molecular flexibility index (Phi) is 5.50. The third-order valence-electron chi connectivity index (χ3n) is 3.53. The van der Waals surface area contributed by atoms with E-state index in [1.807, 2.05) is 11.3 Å². The molecule has 2 aromatic rings. The second-order valence-electron chi connectivity index (χ2n) is 5.80. The zero-order valence-electron chi connectivity index (χ0n) is 11.5. The third kappa shape index (κ3) is 3.62. The summed E-state index contributed by atoms with van der Waals surface area (Å²) >= 11 is 9.35. The van der Waals surface area contributed by atoms with Crippen LogP contribution in [0.25, 0.3) is 10.1 Å². The summed E-state index contributed by atoms with van der Waals surface area (Å²) in [5.74, 6) is 0.722. The first-order chi connectivity index (χ1) is 9.10. The zero-order chi connectivity index (χ0) is 13.9. The monoisotopic (exact) mass is 402 g/mol. The van der Waals surface area contributed by atoms with E-state index in [-0.39, 0.29) is 0 Å².